The van der Waals surface area contributed by atoms with E-state index in [1.54, 1.807) is 55.5 Å². The second-order valence-corrected chi connectivity index (χ2v) is 8.66. The van der Waals surface area contributed by atoms with Gasteiger partial charge in [-0.25, -0.2) is 4.98 Å². The Morgan fingerprint density at radius 1 is 0.973 bits per heavy atom. The number of esters is 1. The van der Waals surface area contributed by atoms with E-state index in [4.69, 9.17) is 14.2 Å². The normalized spacial score (nSPS) is 10.7. The molecule has 0 fully saturated rings. The van der Waals surface area contributed by atoms with Crippen molar-refractivity contribution in [2.45, 2.75) is 12.1 Å². The van der Waals surface area contributed by atoms with Crippen molar-refractivity contribution in [3.8, 4) is 17.2 Å². The molecular formula is C27H25N3O6S. The largest absolute Gasteiger partial charge is 0.493 e. The Morgan fingerprint density at radius 2 is 1.73 bits per heavy atom. The lowest BCUT2D eigenvalue weighted by Gasteiger charge is -2.14. The van der Waals surface area contributed by atoms with Crippen molar-refractivity contribution in [1.29, 1.82) is 0 Å². The van der Waals surface area contributed by atoms with Gasteiger partial charge < -0.3 is 19.5 Å². The molecule has 0 aliphatic rings. The number of nitrogens with one attached hydrogen (secondary N) is 1. The van der Waals surface area contributed by atoms with Gasteiger partial charge in [0.25, 0.3) is 11.5 Å². The zero-order chi connectivity index (χ0) is 26.4. The predicted octanol–water partition coefficient (Wildman–Crippen LogP) is 4.31. The van der Waals surface area contributed by atoms with Crippen LogP contribution in [-0.4, -0.2) is 48.0 Å². The number of amides is 1. The summed E-state index contributed by atoms with van der Waals surface area (Å²) in [5, 5.41) is 3.47. The van der Waals surface area contributed by atoms with Gasteiger partial charge in [0.05, 0.1) is 43.2 Å². The van der Waals surface area contributed by atoms with Crippen LogP contribution in [-0.2, 0) is 9.53 Å². The third-order valence-electron chi connectivity index (χ3n) is 5.38. The van der Waals surface area contributed by atoms with Crippen molar-refractivity contribution in [1.82, 2.24) is 9.55 Å². The molecule has 0 aliphatic heterocycles. The van der Waals surface area contributed by atoms with Crippen molar-refractivity contribution in [2.24, 2.45) is 0 Å². The van der Waals surface area contributed by atoms with Gasteiger partial charge in [-0.15, -0.1) is 0 Å². The molecule has 4 rings (SSSR count). The monoisotopic (exact) mass is 519 g/mol. The Kier molecular flexibility index (Phi) is 8.09. The summed E-state index contributed by atoms with van der Waals surface area (Å²) < 4.78 is 17.0. The number of benzene rings is 3. The zero-order valence-corrected chi connectivity index (χ0v) is 21.3. The van der Waals surface area contributed by atoms with Crippen LogP contribution in [0.2, 0.25) is 0 Å². The smallest absolute Gasteiger partial charge is 0.316 e. The highest BCUT2D eigenvalue weighted by Gasteiger charge is 2.17. The number of ether oxygens (including phenoxy) is 3. The number of aromatic nitrogens is 2. The molecule has 10 heteroatoms. The molecule has 0 unspecified atom stereocenters. The first kappa shape index (κ1) is 25.8. The van der Waals surface area contributed by atoms with Gasteiger partial charge in [-0.2, -0.15) is 0 Å². The Morgan fingerprint density at radius 3 is 2.43 bits per heavy atom. The molecule has 3 aromatic carbocycles. The summed E-state index contributed by atoms with van der Waals surface area (Å²) in [6, 6.07) is 18.8. The first-order chi connectivity index (χ1) is 17.9. The van der Waals surface area contributed by atoms with Crippen LogP contribution in [0.3, 0.4) is 0 Å². The number of carbonyl (C=O) groups is 2. The van der Waals surface area contributed by atoms with Crippen LogP contribution in [0.1, 0.15) is 17.3 Å². The highest BCUT2D eigenvalue weighted by atomic mass is 32.2. The highest BCUT2D eigenvalue weighted by Crippen LogP contribution is 2.30. The van der Waals surface area contributed by atoms with E-state index in [0.717, 1.165) is 11.8 Å². The van der Waals surface area contributed by atoms with E-state index in [-0.39, 0.29) is 23.8 Å². The van der Waals surface area contributed by atoms with E-state index < -0.39 is 5.97 Å². The van der Waals surface area contributed by atoms with Crippen LogP contribution in [0.15, 0.2) is 76.7 Å². The lowest BCUT2D eigenvalue weighted by Crippen LogP contribution is -2.23. The minimum atomic E-state index is -0.412. The predicted molar refractivity (Wildman–Crippen MR) is 142 cm³/mol. The molecule has 37 heavy (non-hydrogen) atoms. The second kappa shape index (κ2) is 11.6. The third kappa shape index (κ3) is 5.75. The number of nitrogens with zero attached hydrogens (tertiary/aromatic N) is 2. The number of methoxy groups -OCH3 is 2. The Hall–Kier alpha value is -4.31. The number of hydrogen-bond donors (Lipinski definition) is 1. The number of fused-ring (bicyclic) bond motifs is 1. The molecule has 1 aromatic heterocycles. The fourth-order valence-electron chi connectivity index (χ4n) is 3.65. The number of thioether (sulfide) groups is 1. The molecule has 190 valence electrons. The number of rotatable bonds is 9. The van der Waals surface area contributed by atoms with Crippen molar-refractivity contribution in [3.63, 3.8) is 0 Å². The summed E-state index contributed by atoms with van der Waals surface area (Å²) in [6.07, 6.45) is 0. The number of hydrogen-bond acceptors (Lipinski definition) is 8. The van der Waals surface area contributed by atoms with Crippen molar-refractivity contribution >= 4 is 40.2 Å². The van der Waals surface area contributed by atoms with E-state index in [1.807, 2.05) is 18.2 Å². The summed E-state index contributed by atoms with van der Waals surface area (Å²) in [7, 11) is 3.04. The molecule has 0 saturated heterocycles. The van der Waals surface area contributed by atoms with E-state index in [0.29, 0.717) is 44.5 Å². The quantitative estimate of drug-likeness (QED) is 0.198. The molecule has 9 nitrogen and oxygen atoms in total. The lowest BCUT2D eigenvalue weighted by molar-refractivity contribution is -0.139. The number of para-hydroxylation sites is 1. The van der Waals surface area contributed by atoms with Gasteiger partial charge in [0.1, 0.15) is 0 Å². The van der Waals surface area contributed by atoms with E-state index in [1.165, 1.54) is 18.8 Å². The van der Waals surface area contributed by atoms with E-state index in [2.05, 4.69) is 10.3 Å². The molecule has 4 aromatic rings. The molecule has 1 N–H and O–H groups in total. The molecule has 1 heterocycles. The SMILES string of the molecule is CCOC(=O)CSc1nc2cc(C(=O)Nc3ccc(OC)c(OC)c3)ccc2c(=O)n1-c1ccccc1. The van der Waals surface area contributed by atoms with E-state index in [9.17, 15) is 14.4 Å². The molecule has 0 bridgehead atoms. The molecule has 0 atom stereocenters. The number of anilines is 1. The van der Waals surface area contributed by atoms with Gasteiger partial charge in [-0.1, -0.05) is 30.0 Å². The molecule has 0 spiro atoms. The molecule has 0 saturated carbocycles. The van der Waals surface area contributed by atoms with Crippen molar-refractivity contribution < 1.29 is 23.8 Å². The molecular weight excluding hydrogens is 494 g/mol. The van der Waals surface area contributed by atoms with Crippen molar-refractivity contribution in [2.75, 3.05) is 31.9 Å². The number of carbonyl (C=O) groups excluding carboxylic acids is 2. The Bertz CT molecular complexity index is 1500. The third-order valence-corrected chi connectivity index (χ3v) is 6.29. The second-order valence-electron chi connectivity index (χ2n) is 7.72. The van der Waals surface area contributed by atoms with Crippen LogP contribution in [0.5, 0.6) is 11.5 Å². The van der Waals surface area contributed by atoms with Gasteiger partial charge in [0, 0.05) is 17.3 Å². The first-order valence-corrected chi connectivity index (χ1v) is 12.4. The topological polar surface area (TPSA) is 109 Å². The van der Waals surface area contributed by atoms with Crippen LogP contribution in [0.25, 0.3) is 16.6 Å². The van der Waals surface area contributed by atoms with Gasteiger partial charge in [-0.05, 0) is 49.4 Å². The molecule has 0 aliphatic carbocycles. The maximum atomic E-state index is 13.5. The lowest BCUT2D eigenvalue weighted by atomic mass is 10.1. The maximum absolute atomic E-state index is 13.5. The fraction of sp³-hybridized carbons (Fsp3) is 0.185. The van der Waals surface area contributed by atoms with Crippen LogP contribution >= 0.6 is 11.8 Å². The highest BCUT2D eigenvalue weighted by molar-refractivity contribution is 7.99. The van der Waals surface area contributed by atoms with Crippen LogP contribution < -0.4 is 20.3 Å². The average Bonchev–Trinajstić information content (AvgIpc) is 2.92. The molecule has 1 amide bonds. The van der Waals surface area contributed by atoms with Crippen molar-refractivity contribution in [3.05, 3.63) is 82.6 Å². The summed E-state index contributed by atoms with van der Waals surface area (Å²) >= 11 is 1.09. The summed E-state index contributed by atoms with van der Waals surface area (Å²) in [5.41, 5.74) is 1.47. The molecule has 0 radical (unpaired) electrons. The summed E-state index contributed by atoms with van der Waals surface area (Å²) in [6.45, 7) is 1.99. The minimum Gasteiger partial charge on any atom is -0.493 e. The first-order valence-electron chi connectivity index (χ1n) is 11.4. The minimum absolute atomic E-state index is 0.0158. The Balaban J connectivity index is 1.71. The average molecular weight is 520 g/mol. The van der Waals surface area contributed by atoms with E-state index >= 15 is 0 Å². The van der Waals surface area contributed by atoms with Gasteiger partial charge in [0.15, 0.2) is 16.7 Å². The van der Waals surface area contributed by atoms with Crippen LogP contribution in [0.4, 0.5) is 5.69 Å². The fourth-order valence-corrected chi connectivity index (χ4v) is 4.46. The van der Waals surface area contributed by atoms with Crippen LogP contribution in [0, 0.1) is 0 Å². The van der Waals surface area contributed by atoms with Gasteiger partial charge >= 0.3 is 5.97 Å². The summed E-state index contributed by atoms with van der Waals surface area (Å²) in [5.74, 6) is 0.203. The van der Waals surface area contributed by atoms with Gasteiger partial charge in [0.2, 0.25) is 0 Å². The zero-order valence-electron chi connectivity index (χ0n) is 20.5. The standard InChI is InChI=1S/C27H25N3O6S/c1-4-36-24(31)16-37-27-29-21-14-17(25(32)28-18-11-13-22(34-2)23(15-18)35-3)10-12-20(21)26(33)30(27)19-8-6-5-7-9-19/h5-15H,4,16H2,1-3H3,(H,28,32). The summed E-state index contributed by atoms with van der Waals surface area (Å²) in [4.78, 5) is 43.1. The van der Waals surface area contributed by atoms with Gasteiger partial charge in [-0.3, -0.25) is 19.0 Å². The maximum Gasteiger partial charge on any atom is 0.316 e. The Labute approximate surface area is 217 Å².